The minimum Gasteiger partial charge on any atom is -0.455 e. The largest absolute Gasteiger partial charge is 0.455 e. The van der Waals surface area contributed by atoms with E-state index in [1.165, 1.54) is 56.4 Å². The highest BCUT2D eigenvalue weighted by atomic mass is 32.2. The first-order valence-electron chi connectivity index (χ1n) is 10.2. The summed E-state index contributed by atoms with van der Waals surface area (Å²) in [5.74, 6) is 0.587. The maximum atomic E-state index is 12.5. The van der Waals surface area contributed by atoms with Crippen molar-refractivity contribution in [3.05, 3.63) is 65.7 Å². The SMILES string of the molecule is O=C(Nc1cc(CC2CCCCC2)[nH]n1)c1ccc(CS(=O)(=O)c2ccccc2)o1. The molecule has 0 radical (unpaired) electrons. The van der Waals surface area contributed by atoms with E-state index in [1.54, 1.807) is 18.2 Å². The summed E-state index contributed by atoms with van der Waals surface area (Å²) < 4.78 is 30.4. The molecule has 1 fully saturated rings. The summed E-state index contributed by atoms with van der Waals surface area (Å²) in [5.41, 5.74) is 1.01. The molecule has 2 heterocycles. The average molecular weight is 428 g/mol. The zero-order chi connectivity index (χ0) is 21.0. The molecule has 1 amide bonds. The third-order valence-corrected chi connectivity index (χ3v) is 7.08. The molecule has 3 aromatic rings. The molecule has 1 aromatic carbocycles. The van der Waals surface area contributed by atoms with Crippen molar-refractivity contribution in [3.63, 3.8) is 0 Å². The van der Waals surface area contributed by atoms with Crippen molar-refractivity contribution in [1.29, 1.82) is 0 Å². The third kappa shape index (κ3) is 4.99. The molecule has 30 heavy (non-hydrogen) atoms. The van der Waals surface area contributed by atoms with Crippen LogP contribution >= 0.6 is 0 Å². The van der Waals surface area contributed by atoms with Crippen LogP contribution in [0.15, 0.2) is 57.8 Å². The van der Waals surface area contributed by atoms with E-state index >= 15 is 0 Å². The molecule has 0 atom stereocenters. The summed E-state index contributed by atoms with van der Waals surface area (Å²) in [4.78, 5) is 12.7. The molecule has 1 aliphatic rings. The lowest BCUT2D eigenvalue weighted by molar-refractivity contribution is 0.0995. The zero-order valence-corrected chi connectivity index (χ0v) is 17.5. The molecule has 1 aliphatic carbocycles. The topological polar surface area (TPSA) is 105 Å². The number of H-pyrrole nitrogens is 1. The van der Waals surface area contributed by atoms with Crippen LogP contribution in [0.3, 0.4) is 0 Å². The fourth-order valence-electron chi connectivity index (χ4n) is 3.89. The van der Waals surface area contributed by atoms with Gasteiger partial charge in [-0.2, -0.15) is 5.10 Å². The number of anilines is 1. The van der Waals surface area contributed by atoms with Crippen molar-refractivity contribution in [2.24, 2.45) is 5.92 Å². The molecular weight excluding hydrogens is 402 g/mol. The molecule has 158 valence electrons. The number of hydrogen-bond donors (Lipinski definition) is 2. The first kappa shape index (κ1) is 20.4. The van der Waals surface area contributed by atoms with Gasteiger partial charge in [-0.15, -0.1) is 0 Å². The van der Waals surface area contributed by atoms with Crippen LogP contribution in [0.4, 0.5) is 5.82 Å². The normalized spacial score (nSPS) is 15.2. The van der Waals surface area contributed by atoms with Gasteiger partial charge in [0.25, 0.3) is 5.91 Å². The number of aromatic amines is 1. The summed E-state index contributed by atoms with van der Waals surface area (Å²) in [6, 6.07) is 13.0. The summed E-state index contributed by atoms with van der Waals surface area (Å²) in [6.45, 7) is 0. The smallest absolute Gasteiger partial charge is 0.292 e. The van der Waals surface area contributed by atoms with Gasteiger partial charge in [-0.25, -0.2) is 8.42 Å². The maximum absolute atomic E-state index is 12.5. The average Bonchev–Trinajstić information content (AvgIpc) is 3.39. The molecule has 0 spiro atoms. The van der Waals surface area contributed by atoms with Gasteiger partial charge in [-0.3, -0.25) is 9.89 Å². The van der Waals surface area contributed by atoms with Crippen LogP contribution in [-0.4, -0.2) is 24.5 Å². The van der Waals surface area contributed by atoms with Gasteiger partial charge in [0.05, 0.1) is 4.90 Å². The molecule has 0 saturated heterocycles. The fraction of sp³-hybridized carbons (Fsp3) is 0.364. The summed E-state index contributed by atoms with van der Waals surface area (Å²) >= 11 is 0. The Kier molecular flexibility index (Phi) is 6.03. The number of aromatic nitrogens is 2. The molecule has 4 rings (SSSR count). The Morgan fingerprint density at radius 2 is 1.87 bits per heavy atom. The Hall–Kier alpha value is -2.87. The molecule has 0 bridgehead atoms. The van der Waals surface area contributed by atoms with Crippen LogP contribution in [0.2, 0.25) is 0 Å². The minimum absolute atomic E-state index is 0.0464. The highest BCUT2D eigenvalue weighted by Crippen LogP contribution is 2.27. The molecule has 8 heteroatoms. The van der Waals surface area contributed by atoms with E-state index < -0.39 is 15.7 Å². The Bertz CT molecular complexity index is 1100. The first-order chi connectivity index (χ1) is 14.5. The summed E-state index contributed by atoms with van der Waals surface area (Å²) in [6.07, 6.45) is 7.29. The Balaban J connectivity index is 1.36. The number of amides is 1. The highest BCUT2D eigenvalue weighted by molar-refractivity contribution is 7.90. The van der Waals surface area contributed by atoms with Gasteiger partial charge in [0.2, 0.25) is 0 Å². The Labute approximate surface area is 175 Å². The summed E-state index contributed by atoms with van der Waals surface area (Å²) in [7, 11) is -3.54. The Morgan fingerprint density at radius 1 is 1.10 bits per heavy atom. The zero-order valence-electron chi connectivity index (χ0n) is 16.6. The lowest BCUT2D eigenvalue weighted by Crippen LogP contribution is -2.11. The second kappa shape index (κ2) is 8.87. The van der Waals surface area contributed by atoms with Crippen LogP contribution in [0.25, 0.3) is 0 Å². The van der Waals surface area contributed by atoms with Crippen LogP contribution in [-0.2, 0) is 22.0 Å². The number of benzene rings is 1. The van der Waals surface area contributed by atoms with Crippen LogP contribution in [0.5, 0.6) is 0 Å². The van der Waals surface area contributed by atoms with Crippen molar-refractivity contribution >= 4 is 21.6 Å². The second-order valence-corrected chi connectivity index (χ2v) is 9.77. The molecule has 2 aromatic heterocycles. The van der Waals surface area contributed by atoms with E-state index in [1.807, 2.05) is 6.07 Å². The molecule has 7 nitrogen and oxygen atoms in total. The number of nitrogens with one attached hydrogen (secondary N) is 2. The minimum atomic E-state index is -3.54. The fourth-order valence-corrected chi connectivity index (χ4v) is 5.15. The van der Waals surface area contributed by atoms with Gasteiger partial charge in [0.15, 0.2) is 21.4 Å². The monoisotopic (exact) mass is 427 g/mol. The van der Waals surface area contributed by atoms with Crippen molar-refractivity contribution in [3.8, 4) is 0 Å². The van der Waals surface area contributed by atoms with Gasteiger partial charge in [0.1, 0.15) is 11.5 Å². The van der Waals surface area contributed by atoms with Crippen molar-refractivity contribution in [1.82, 2.24) is 10.2 Å². The molecule has 2 N–H and O–H groups in total. The quantitative estimate of drug-likeness (QED) is 0.583. The number of nitrogens with zero attached hydrogens (tertiary/aromatic N) is 1. The predicted octanol–water partition coefficient (Wildman–Crippen LogP) is 4.35. The van der Waals surface area contributed by atoms with Gasteiger partial charge >= 0.3 is 0 Å². The van der Waals surface area contributed by atoms with Crippen molar-refractivity contribution in [2.45, 2.75) is 49.2 Å². The van der Waals surface area contributed by atoms with Gasteiger partial charge in [0, 0.05) is 11.8 Å². The van der Waals surface area contributed by atoms with E-state index in [0.29, 0.717) is 11.7 Å². The predicted molar refractivity (Wildman–Crippen MR) is 113 cm³/mol. The number of furan rings is 1. The molecule has 0 unspecified atom stereocenters. The number of carbonyl (C=O) groups is 1. The lowest BCUT2D eigenvalue weighted by Gasteiger charge is -2.20. The van der Waals surface area contributed by atoms with Gasteiger partial charge in [-0.05, 0) is 36.6 Å². The second-order valence-electron chi connectivity index (χ2n) is 7.78. The number of hydrogen-bond acceptors (Lipinski definition) is 5. The van der Waals surface area contributed by atoms with E-state index in [2.05, 4.69) is 15.5 Å². The van der Waals surface area contributed by atoms with Gasteiger partial charge in [-0.1, -0.05) is 50.3 Å². The van der Waals surface area contributed by atoms with Crippen LogP contribution in [0, 0.1) is 5.92 Å². The van der Waals surface area contributed by atoms with Gasteiger partial charge < -0.3 is 9.73 Å². The highest BCUT2D eigenvalue weighted by Gasteiger charge is 2.20. The lowest BCUT2D eigenvalue weighted by atomic mass is 9.86. The summed E-state index contributed by atoms with van der Waals surface area (Å²) in [5, 5.41) is 9.85. The van der Waals surface area contributed by atoms with E-state index in [4.69, 9.17) is 4.42 Å². The molecular formula is C22H25N3O4S. The number of rotatable bonds is 7. The van der Waals surface area contributed by atoms with E-state index in [9.17, 15) is 13.2 Å². The molecule has 1 saturated carbocycles. The molecule has 0 aliphatic heterocycles. The third-order valence-electron chi connectivity index (χ3n) is 5.43. The van der Waals surface area contributed by atoms with Crippen LogP contribution in [0.1, 0.15) is 54.1 Å². The number of carbonyl (C=O) groups excluding carboxylic acids is 1. The van der Waals surface area contributed by atoms with Crippen molar-refractivity contribution in [2.75, 3.05) is 5.32 Å². The van der Waals surface area contributed by atoms with Crippen molar-refractivity contribution < 1.29 is 17.6 Å². The first-order valence-corrected chi connectivity index (χ1v) is 11.9. The van der Waals surface area contributed by atoms with E-state index in [-0.39, 0.29) is 22.2 Å². The standard InChI is InChI=1S/C22H25N3O4S/c26-22(23-21-14-17(24-25-21)13-16-7-3-1-4-8-16)20-12-11-18(29-20)15-30(27,28)19-9-5-2-6-10-19/h2,5-6,9-12,14,16H,1,3-4,7-8,13,15H2,(H2,23,24,25,26). The van der Waals surface area contributed by atoms with Crippen LogP contribution < -0.4 is 5.32 Å². The maximum Gasteiger partial charge on any atom is 0.292 e. The van der Waals surface area contributed by atoms with E-state index in [0.717, 1.165) is 12.1 Å². The number of sulfone groups is 1. The Morgan fingerprint density at radius 3 is 2.63 bits per heavy atom.